The molecule has 3 nitrogen and oxygen atoms in total. The van der Waals surface area contributed by atoms with Crippen LogP contribution in [-0.4, -0.2) is 36.9 Å². The molecule has 1 rings (SSSR count). The van der Waals surface area contributed by atoms with Crippen LogP contribution < -0.4 is 4.74 Å². The van der Waals surface area contributed by atoms with E-state index in [1.807, 2.05) is 24.3 Å². The average molecular weight is 291 g/mol. The Morgan fingerprint density at radius 2 is 1.71 bits per heavy atom. The number of carbonyl (C=O) groups is 1. The first kappa shape index (κ1) is 17.7. The van der Waals surface area contributed by atoms with Crippen molar-refractivity contribution >= 4 is 5.78 Å². The Morgan fingerprint density at radius 3 is 2.14 bits per heavy atom. The van der Waals surface area contributed by atoms with Crippen molar-refractivity contribution in [2.24, 2.45) is 5.92 Å². The average Bonchev–Trinajstić information content (AvgIpc) is 2.47. The van der Waals surface area contributed by atoms with Gasteiger partial charge in [-0.3, -0.25) is 9.69 Å². The molecule has 0 saturated carbocycles. The van der Waals surface area contributed by atoms with E-state index in [2.05, 4.69) is 32.6 Å². The number of benzene rings is 1. The van der Waals surface area contributed by atoms with Crippen LogP contribution in [0.5, 0.6) is 5.75 Å². The number of rotatable bonds is 9. The van der Waals surface area contributed by atoms with Crippen LogP contribution in [0.2, 0.25) is 0 Å². The molecule has 0 unspecified atom stereocenters. The van der Waals surface area contributed by atoms with Gasteiger partial charge in [-0.15, -0.1) is 0 Å². The molecule has 0 aliphatic rings. The van der Waals surface area contributed by atoms with Gasteiger partial charge in [0, 0.05) is 18.2 Å². The monoisotopic (exact) mass is 291 g/mol. The predicted octanol–water partition coefficient (Wildman–Crippen LogP) is 4.02. The number of methoxy groups -OCH3 is 1. The summed E-state index contributed by atoms with van der Waals surface area (Å²) in [6.45, 7) is 10.3. The SMILES string of the molecule is CCC(CC)N(CC(=O)c1ccc(OC)cc1)CC(C)C. The van der Waals surface area contributed by atoms with E-state index >= 15 is 0 Å². The molecular formula is C18H29NO2. The number of ketones is 1. The van der Waals surface area contributed by atoms with E-state index < -0.39 is 0 Å². The van der Waals surface area contributed by atoms with Crippen molar-refractivity contribution in [1.29, 1.82) is 0 Å². The highest BCUT2D eigenvalue weighted by atomic mass is 16.5. The van der Waals surface area contributed by atoms with Crippen molar-refractivity contribution in [1.82, 2.24) is 4.90 Å². The molecule has 0 bridgehead atoms. The Balaban J connectivity index is 2.78. The first-order valence-corrected chi connectivity index (χ1v) is 7.93. The summed E-state index contributed by atoms with van der Waals surface area (Å²) in [5.41, 5.74) is 0.760. The van der Waals surface area contributed by atoms with Gasteiger partial charge in [0.15, 0.2) is 5.78 Å². The number of carbonyl (C=O) groups excluding carboxylic acids is 1. The minimum atomic E-state index is 0.185. The largest absolute Gasteiger partial charge is 0.497 e. The lowest BCUT2D eigenvalue weighted by Crippen LogP contribution is -2.40. The fraction of sp³-hybridized carbons (Fsp3) is 0.611. The molecule has 1 aromatic rings. The zero-order chi connectivity index (χ0) is 15.8. The van der Waals surface area contributed by atoms with E-state index in [9.17, 15) is 4.79 Å². The van der Waals surface area contributed by atoms with E-state index in [-0.39, 0.29) is 5.78 Å². The summed E-state index contributed by atoms with van der Waals surface area (Å²) in [4.78, 5) is 14.8. The lowest BCUT2D eigenvalue weighted by Gasteiger charge is -2.31. The summed E-state index contributed by atoms with van der Waals surface area (Å²) < 4.78 is 5.13. The lowest BCUT2D eigenvalue weighted by atomic mass is 10.0. The Labute approximate surface area is 129 Å². The molecule has 0 N–H and O–H groups in total. The molecule has 0 saturated heterocycles. The molecule has 0 atom stereocenters. The second-order valence-corrected chi connectivity index (χ2v) is 5.95. The zero-order valence-electron chi connectivity index (χ0n) is 14.1. The summed E-state index contributed by atoms with van der Waals surface area (Å²) in [6, 6.07) is 7.87. The fourth-order valence-electron chi connectivity index (χ4n) is 2.67. The fourth-order valence-corrected chi connectivity index (χ4v) is 2.67. The number of ether oxygens (including phenoxy) is 1. The molecule has 0 heterocycles. The van der Waals surface area contributed by atoms with Gasteiger partial charge < -0.3 is 4.74 Å². The minimum Gasteiger partial charge on any atom is -0.497 e. The minimum absolute atomic E-state index is 0.185. The second-order valence-electron chi connectivity index (χ2n) is 5.95. The second kappa shape index (κ2) is 8.83. The van der Waals surface area contributed by atoms with Crippen LogP contribution in [0.25, 0.3) is 0 Å². The molecule has 1 aromatic carbocycles. The molecule has 0 aliphatic carbocycles. The predicted molar refractivity (Wildman–Crippen MR) is 88.1 cm³/mol. The topological polar surface area (TPSA) is 29.5 Å². The van der Waals surface area contributed by atoms with Crippen molar-refractivity contribution in [3.8, 4) is 5.75 Å². The Bertz CT molecular complexity index is 421. The van der Waals surface area contributed by atoms with Gasteiger partial charge >= 0.3 is 0 Å². The van der Waals surface area contributed by atoms with Gasteiger partial charge in [-0.1, -0.05) is 27.7 Å². The van der Waals surface area contributed by atoms with Gasteiger partial charge in [0.2, 0.25) is 0 Å². The molecule has 0 radical (unpaired) electrons. The number of hydrogen-bond acceptors (Lipinski definition) is 3. The smallest absolute Gasteiger partial charge is 0.176 e. The first-order chi connectivity index (χ1) is 10.0. The van der Waals surface area contributed by atoms with Crippen molar-refractivity contribution < 1.29 is 9.53 Å². The summed E-state index contributed by atoms with van der Waals surface area (Å²) in [6.07, 6.45) is 2.16. The van der Waals surface area contributed by atoms with Crippen molar-refractivity contribution in [3.05, 3.63) is 29.8 Å². The van der Waals surface area contributed by atoms with Crippen molar-refractivity contribution in [2.75, 3.05) is 20.2 Å². The third-order valence-corrected chi connectivity index (χ3v) is 3.82. The van der Waals surface area contributed by atoms with Gasteiger partial charge in [0.05, 0.1) is 13.7 Å². The maximum Gasteiger partial charge on any atom is 0.176 e. The molecule has 21 heavy (non-hydrogen) atoms. The third-order valence-electron chi connectivity index (χ3n) is 3.82. The molecule has 0 aromatic heterocycles. The molecule has 3 heteroatoms. The van der Waals surface area contributed by atoms with Crippen LogP contribution in [0.1, 0.15) is 50.9 Å². The van der Waals surface area contributed by atoms with Gasteiger partial charge in [-0.2, -0.15) is 0 Å². The van der Waals surface area contributed by atoms with Crippen LogP contribution in [0.15, 0.2) is 24.3 Å². The maximum atomic E-state index is 12.5. The molecular weight excluding hydrogens is 262 g/mol. The van der Waals surface area contributed by atoms with Crippen LogP contribution in [0.3, 0.4) is 0 Å². The van der Waals surface area contributed by atoms with E-state index in [0.29, 0.717) is 18.5 Å². The van der Waals surface area contributed by atoms with Crippen molar-refractivity contribution in [3.63, 3.8) is 0 Å². The third kappa shape index (κ3) is 5.50. The Hall–Kier alpha value is -1.35. The highest BCUT2D eigenvalue weighted by Gasteiger charge is 2.20. The molecule has 0 amide bonds. The van der Waals surface area contributed by atoms with Gasteiger partial charge in [0.25, 0.3) is 0 Å². The maximum absolute atomic E-state index is 12.5. The van der Waals surface area contributed by atoms with Gasteiger partial charge in [-0.05, 0) is 43.0 Å². The van der Waals surface area contributed by atoms with Crippen LogP contribution >= 0.6 is 0 Å². The standard InChI is InChI=1S/C18H29NO2/c1-6-16(7-2)19(12-14(3)4)13-18(20)15-8-10-17(21-5)11-9-15/h8-11,14,16H,6-7,12-13H2,1-5H3. The number of nitrogens with zero attached hydrogens (tertiary/aromatic N) is 1. The molecule has 118 valence electrons. The van der Waals surface area contributed by atoms with E-state index in [1.54, 1.807) is 7.11 Å². The van der Waals surface area contributed by atoms with E-state index in [4.69, 9.17) is 4.74 Å². The van der Waals surface area contributed by atoms with Crippen LogP contribution in [0, 0.1) is 5.92 Å². The summed E-state index contributed by atoms with van der Waals surface area (Å²) in [5.74, 6) is 1.53. The summed E-state index contributed by atoms with van der Waals surface area (Å²) in [5, 5.41) is 0. The Morgan fingerprint density at radius 1 is 1.14 bits per heavy atom. The molecule has 0 aliphatic heterocycles. The zero-order valence-corrected chi connectivity index (χ0v) is 14.1. The first-order valence-electron chi connectivity index (χ1n) is 7.93. The van der Waals surface area contributed by atoms with Crippen LogP contribution in [0.4, 0.5) is 0 Å². The van der Waals surface area contributed by atoms with E-state index in [1.165, 1.54) is 0 Å². The molecule has 0 fully saturated rings. The van der Waals surface area contributed by atoms with Crippen LogP contribution in [-0.2, 0) is 0 Å². The van der Waals surface area contributed by atoms with Crippen molar-refractivity contribution in [2.45, 2.75) is 46.6 Å². The highest BCUT2D eigenvalue weighted by Crippen LogP contribution is 2.15. The normalized spacial score (nSPS) is 11.4. The quantitative estimate of drug-likeness (QED) is 0.643. The van der Waals surface area contributed by atoms with Gasteiger partial charge in [0.1, 0.15) is 5.75 Å². The Kier molecular flexibility index (Phi) is 7.44. The van der Waals surface area contributed by atoms with Gasteiger partial charge in [-0.25, -0.2) is 0 Å². The summed E-state index contributed by atoms with van der Waals surface area (Å²) >= 11 is 0. The highest BCUT2D eigenvalue weighted by molar-refractivity contribution is 5.97. The number of Topliss-reactive ketones (excluding diaryl/α,β-unsaturated/α-hetero) is 1. The summed E-state index contributed by atoms with van der Waals surface area (Å²) in [7, 11) is 1.63. The lowest BCUT2D eigenvalue weighted by molar-refractivity contribution is 0.0866. The molecule has 0 spiro atoms. The van der Waals surface area contributed by atoms with E-state index in [0.717, 1.165) is 30.7 Å². The number of hydrogen-bond donors (Lipinski definition) is 0.